The number of carboxylic acids is 1. The average molecular weight is 377 g/mol. The minimum atomic E-state index is -0.756. The molecule has 3 aromatic rings. The van der Waals surface area contributed by atoms with Gasteiger partial charge >= 0.3 is 5.97 Å². The smallest absolute Gasteiger partial charge is 0.303 e. The molecule has 1 heterocycles. The van der Waals surface area contributed by atoms with Gasteiger partial charge in [0.25, 0.3) is 0 Å². The lowest BCUT2D eigenvalue weighted by atomic mass is 10.1. The topological polar surface area (TPSA) is 67.2 Å². The number of aryl methyl sites for hydroxylation is 2. The molecule has 5 nitrogen and oxygen atoms in total. The molecule has 0 spiro atoms. The monoisotopic (exact) mass is 377 g/mol. The SMILES string of the molecule is Cc1ccc(Cn2cc(CNCCCC(=O)O)c(-c3ccc(C)cc3)n2)cc1. The Morgan fingerprint density at radius 2 is 1.68 bits per heavy atom. The van der Waals surface area contributed by atoms with Gasteiger partial charge in [-0.3, -0.25) is 9.48 Å². The van der Waals surface area contributed by atoms with Gasteiger partial charge < -0.3 is 10.4 Å². The van der Waals surface area contributed by atoms with Crippen molar-refractivity contribution in [2.45, 2.75) is 39.8 Å². The van der Waals surface area contributed by atoms with Crippen molar-refractivity contribution in [3.05, 3.63) is 77.0 Å². The van der Waals surface area contributed by atoms with Crippen LogP contribution in [0.4, 0.5) is 0 Å². The van der Waals surface area contributed by atoms with Gasteiger partial charge in [0.2, 0.25) is 0 Å². The quantitative estimate of drug-likeness (QED) is 0.549. The summed E-state index contributed by atoms with van der Waals surface area (Å²) in [5.41, 5.74) is 6.86. The highest BCUT2D eigenvalue weighted by Crippen LogP contribution is 2.23. The molecule has 5 heteroatoms. The van der Waals surface area contributed by atoms with Gasteiger partial charge in [-0.1, -0.05) is 59.7 Å². The van der Waals surface area contributed by atoms with Crippen LogP contribution in [0.1, 0.15) is 35.1 Å². The summed E-state index contributed by atoms with van der Waals surface area (Å²) < 4.78 is 1.98. The number of hydrogen-bond donors (Lipinski definition) is 2. The number of nitrogens with one attached hydrogen (secondary N) is 1. The van der Waals surface area contributed by atoms with E-state index in [1.807, 2.05) is 4.68 Å². The van der Waals surface area contributed by atoms with Crippen molar-refractivity contribution in [3.8, 4) is 11.3 Å². The zero-order valence-corrected chi connectivity index (χ0v) is 16.5. The van der Waals surface area contributed by atoms with Gasteiger partial charge in [0.1, 0.15) is 0 Å². The molecule has 28 heavy (non-hydrogen) atoms. The highest BCUT2D eigenvalue weighted by atomic mass is 16.4. The number of hydrogen-bond acceptors (Lipinski definition) is 3. The second-order valence-electron chi connectivity index (χ2n) is 7.23. The van der Waals surface area contributed by atoms with Crippen molar-refractivity contribution in [2.75, 3.05) is 6.54 Å². The number of rotatable bonds is 9. The maximum Gasteiger partial charge on any atom is 0.303 e. The van der Waals surface area contributed by atoms with Crippen molar-refractivity contribution >= 4 is 5.97 Å². The molecule has 0 aliphatic heterocycles. The van der Waals surface area contributed by atoms with Crippen LogP contribution < -0.4 is 5.32 Å². The summed E-state index contributed by atoms with van der Waals surface area (Å²) in [7, 11) is 0. The molecule has 146 valence electrons. The fourth-order valence-electron chi connectivity index (χ4n) is 3.10. The maximum atomic E-state index is 10.7. The molecule has 3 rings (SSSR count). The lowest BCUT2D eigenvalue weighted by Crippen LogP contribution is -2.16. The van der Waals surface area contributed by atoms with Gasteiger partial charge in [-0.15, -0.1) is 0 Å². The maximum absolute atomic E-state index is 10.7. The van der Waals surface area contributed by atoms with E-state index in [0.29, 0.717) is 19.5 Å². The van der Waals surface area contributed by atoms with E-state index >= 15 is 0 Å². The zero-order chi connectivity index (χ0) is 19.9. The van der Waals surface area contributed by atoms with Crippen LogP contribution in [0.2, 0.25) is 0 Å². The zero-order valence-electron chi connectivity index (χ0n) is 16.5. The summed E-state index contributed by atoms with van der Waals surface area (Å²) in [6.45, 7) is 6.21. The molecule has 0 amide bonds. The van der Waals surface area contributed by atoms with E-state index in [2.05, 4.69) is 73.9 Å². The molecule has 0 saturated heterocycles. The third kappa shape index (κ3) is 5.54. The standard InChI is InChI=1S/C23H27N3O2/c1-17-5-9-19(10-6-17)15-26-16-21(14-24-13-3-4-22(27)28)23(25-26)20-11-7-18(2)8-12-20/h5-12,16,24H,3-4,13-15H2,1-2H3,(H,27,28). The summed E-state index contributed by atoms with van der Waals surface area (Å²) in [4.78, 5) is 10.7. The molecule has 2 aromatic carbocycles. The van der Waals surface area contributed by atoms with E-state index in [9.17, 15) is 4.79 Å². The van der Waals surface area contributed by atoms with Crippen molar-refractivity contribution in [1.29, 1.82) is 0 Å². The third-order valence-electron chi connectivity index (χ3n) is 4.69. The fourth-order valence-corrected chi connectivity index (χ4v) is 3.10. The Morgan fingerprint density at radius 3 is 2.32 bits per heavy atom. The Balaban J connectivity index is 1.76. The van der Waals surface area contributed by atoms with Crippen LogP contribution in [0, 0.1) is 13.8 Å². The van der Waals surface area contributed by atoms with Gasteiger partial charge in [0.05, 0.1) is 12.2 Å². The number of aliphatic carboxylic acids is 1. The third-order valence-corrected chi connectivity index (χ3v) is 4.69. The molecule has 1 aromatic heterocycles. The van der Waals surface area contributed by atoms with Crippen LogP contribution in [-0.4, -0.2) is 27.4 Å². The van der Waals surface area contributed by atoms with Crippen LogP contribution >= 0.6 is 0 Å². The first-order valence-corrected chi connectivity index (χ1v) is 9.62. The molecular weight excluding hydrogens is 350 g/mol. The van der Waals surface area contributed by atoms with E-state index in [0.717, 1.165) is 23.4 Å². The summed E-state index contributed by atoms with van der Waals surface area (Å²) >= 11 is 0. The highest BCUT2D eigenvalue weighted by molar-refractivity contribution is 5.66. The Bertz CT molecular complexity index is 912. The minimum Gasteiger partial charge on any atom is -0.481 e. The minimum absolute atomic E-state index is 0.185. The molecule has 0 atom stereocenters. The number of aromatic nitrogens is 2. The molecule has 0 aliphatic carbocycles. The Hall–Kier alpha value is -2.92. The van der Waals surface area contributed by atoms with Gasteiger partial charge in [-0.25, -0.2) is 0 Å². The first-order chi connectivity index (χ1) is 13.5. The predicted octanol–water partition coefficient (Wildman–Crippen LogP) is 4.17. The van der Waals surface area contributed by atoms with Gasteiger partial charge in [-0.2, -0.15) is 5.10 Å². The van der Waals surface area contributed by atoms with E-state index in [-0.39, 0.29) is 6.42 Å². The molecule has 0 unspecified atom stereocenters. The predicted molar refractivity (Wildman–Crippen MR) is 111 cm³/mol. The number of carbonyl (C=O) groups is 1. The Kier molecular flexibility index (Phi) is 6.61. The molecule has 0 fully saturated rings. The number of nitrogens with zero attached hydrogens (tertiary/aromatic N) is 2. The Morgan fingerprint density at radius 1 is 1.04 bits per heavy atom. The van der Waals surface area contributed by atoms with Gasteiger partial charge in [0, 0.05) is 30.3 Å². The van der Waals surface area contributed by atoms with E-state index in [1.165, 1.54) is 16.7 Å². The van der Waals surface area contributed by atoms with Crippen molar-refractivity contribution in [1.82, 2.24) is 15.1 Å². The van der Waals surface area contributed by atoms with Crippen molar-refractivity contribution in [3.63, 3.8) is 0 Å². The van der Waals surface area contributed by atoms with Crippen LogP contribution in [0.25, 0.3) is 11.3 Å². The highest BCUT2D eigenvalue weighted by Gasteiger charge is 2.11. The van der Waals surface area contributed by atoms with Crippen molar-refractivity contribution < 1.29 is 9.90 Å². The van der Waals surface area contributed by atoms with Gasteiger partial charge in [0.15, 0.2) is 0 Å². The van der Waals surface area contributed by atoms with Crippen LogP contribution in [0.3, 0.4) is 0 Å². The lowest BCUT2D eigenvalue weighted by Gasteiger charge is -2.05. The van der Waals surface area contributed by atoms with Crippen LogP contribution in [0.5, 0.6) is 0 Å². The van der Waals surface area contributed by atoms with E-state index < -0.39 is 5.97 Å². The summed E-state index contributed by atoms with van der Waals surface area (Å²) in [6, 6.07) is 16.9. The fraction of sp³-hybridized carbons (Fsp3) is 0.304. The number of carboxylic acid groups (broad SMARTS) is 1. The van der Waals surface area contributed by atoms with Crippen molar-refractivity contribution in [2.24, 2.45) is 0 Å². The summed E-state index contributed by atoms with van der Waals surface area (Å²) in [5.74, 6) is -0.756. The molecule has 0 aliphatic rings. The largest absolute Gasteiger partial charge is 0.481 e. The van der Waals surface area contributed by atoms with Crippen LogP contribution in [-0.2, 0) is 17.9 Å². The van der Waals surface area contributed by atoms with E-state index in [4.69, 9.17) is 10.2 Å². The average Bonchev–Trinajstić information content (AvgIpc) is 3.06. The first kappa shape index (κ1) is 19.8. The summed E-state index contributed by atoms with van der Waals surface area (Å²) in [6.07, 6.45) is 2.89. The molecule has 0 radical (unpaired) electrons. The Labute approximate surface area is 166 Å². The van der Waals surface area contributed by atoms with Gasteiger partial charge in [-0.05, 0) is 32.4 Å². The molecule has 0 saturated carbocycles. The molecular formula is C23H27N3O2. The molecule has 0 bridgehead atoms. The normalized spacial score (nSPS) is 10.9. The van der Waals surface area contributed by atoms with Crippen LogP contribution in [0.15, 0.2) is 54.7 Å². The second kappa shape index (κ2) is 9.33. The molecule has 2 N–H and O–H groups in total. The lowest BCUT2D eigenvalue weighted by molar-refractivity contribution is -0.137. The van der Waals surface area contributed by atoms with E-state index in [1.54, 1.807) is 0 Å². The second-order valence-corrected chi connectivity index (χ2v) is 7.23. The number of benzene rings is 2. The summed E-state index contributed by atoms with van der Waals surface area (Å²) in [5, 5.41) is 16.9. The first-order valence-electron chi connectivity index (χ1n) is 9.62.